The van der Waals surface area contributed by atoms with Crippen LogP contribution in [0.2, 0.25) is 0 Å². The summed E-state index contributed by atoms with van der Waals surface area (Å²) < 4.78 is 0. The van der Waals surface area contributed by atoms with Gasteiger partial charge in [0, 0.05) is 0 Å². The molecule has 4 nitrogen and oxygen atoms in total. The molecule has 0 aliphatic heterocycles. The molecular weight excluding hydrogens is 180 g/mol. The highest BCUT2D eigenvalue weighted by Gasteiger charge is 2.26. The average molecular weight is 202 g/mol. The van der Waals surface area contributed by atoms with Crippen molar-refractivity contribution in [3.8, 4) is 0 Å². The van der Waals surface area contributed by atoms with E-state index in [1.165, 1.54) is 0 Å². The minimum atomic E-state index is -1.08. The Hall–Kier alpha value is -0.610. The van der Waals surface area contributed by atoms with Gasteiger partial charge < -0.3 is 15.7 Å². The van der Waals surface area contributed by atoms with Gasteiger partial charge >= 0.3 is 5.97 Å². The molecule has 0 bridgehead atoms. The molecular formula is C10H22N2O2. The lowest BCUT2D eigenvalue weighted by Gasteiger charge is -2.21. The zero-order valence-electron chi connectivity index (χ0n) is 9.42. The predicted molar refractivity (Wildman–Crippen MR) is 57.3 cm³/mol. The van der Waals surface area contributed by atoms with Crippen molar-refractivity contribution >= 4 is 5.97 Å². The highest BCUT2D eigenvalue weighted by Crippen LogP contribution is 2.09. The first-order valence-corrected chi connectivity index (χ1v) is 5.11. The Morgan fingerprint density at radius 1 is 1.50 bits per heavy atom. The standard InChI is InChI=1S/C10H22N2O2/c1-4-7-12(3)8-5-6-10(2,11)9(13)14/h4-8,11H2,1-3H3,(H,13,14). The molecule has 0 aliphatic carbocycles. The van der Waals surface area contributed by atoms with Crippen LogP contribution in [0.1, 0.15) is 33.1 Å². The SMILES string of the molecule is CCCN(C)CCCC(C)(N)C(=O)O. The number of nitrogens with two attached hydrogens (primary N) is 1. The Balaban J connectivity index is 3.68. The number of carboxylic acids is 1. The zero-order valence-corrected chi connectivity index (χ0v) is 9.42. The van der Waals surface area contributed by atoms with Gasteiger partial charge in [-0.1, -0.05) is 6.92 Å². The molecule has 0 aliphatic rings. The molecule has 84 valence electrons. The van der Waals surface area contributed by atoms with Crippen molar-refractivity contribution in [2.45, 2.75) is 38.6 Å². The molecule has 0 radical (unpaired) electrons. The molecule has 14 heavy (non-hydrogen) atoms. The first-order chi connectivity index (χ1) is 6.40. The highest BCUT2D eigenvalue weighted by atomic mass is 16.4. The highest BCUT2D eigenvalue weighted by molar-refractivity contribution is 5.77. The molecule has 0 rings (SSSR count). The van der Waals surface area contributed by atoms with E-state index < -0.39 is 11.5 Å². The molecule has 0 spiro atoms. The number of aliphatic carboxylic acids is 1. The predicted octanol–water partition coefficient (Wildman–Crippen LogP) is 0.910. The summed E-state index contributed by atoms with van der Waals surface area (Å²) in [6, 6.07) is 0. The third-order valence-corrected chi connectivity index (χ3v) is 2.33. The van der Waals surface area contributed by atoms with Gasteiger partial charge in [-0.2, -0.15) is 0 Å². The van der Waals surface area contributed by atoms with E-state index in [9.17, 15) is 4.79 Å². The molecule has 0 aromatic rings. The maximum Gasteiger partial charge on any atom is 0.323 e. The smallest absolute Gasteiger partial charge is 0.323 e. The summed E-state index contributed by atoms with van der Waals surface area (Å²) in [6.07, 6.45) is 2.47. The maximum absolute atomic E-state index is 10.7. The Bertz CT molecular complexity index is 181. The van der Waals surface area contributed by atoms with Crippen molar-refractivity contribution < 1.29 is 9.90 Å². The van der Waals surface area contributed by atoms with Gasteiger partial charge in [0.2, 0.25) is 0 Å². The number of hydrogen-bond donors (Lipinski definition) is 2. The minimum Gasteiger partial charge on any atom is -0.480 e. The van der Waals surface area contributed by atoms with Crippen LogP contribution in [0.4, 0.5) is 0 Å². The van der Waals surface area contributed by atoms with Gasteiger partial charge in [0.15, 0.2) is 0 Å². The van der Waals surface area contributed by atoms with Gasteiger partial charge in [-0.25, -0.2) is 0 Å². The Morgan fingerprint density at radius 2 is 2.07 bits per heavy atom. The van der Waals surface area contributed by atoms with Crippen molar-refractivity contribution in [3.05, 3.63) is 0 Å². The summed E-state index contributed by atoms with van der Waals surface area (Å²) in [5, 5.41) is 8.77. The van der Waals surface area contributed by atoms with Crippen LogP contribution < -0.4 is 5.73 Å². The minimum absolute atomic E-state index is 0.524. The van der Waals surface area contributed by atoms with Crippen LogP contribution in [0.15, 0.2) is 0 Å². The van der Waals surface area contributed by atoms with Crippen LogP contribution in [0.5, 0.6) is 0 Å². The summed E-state index contributed by atoms with van der Waals surface area (Å²) in [5.41, 5.74) is 4.53. The van der Waals surface area contributed by atoms with Crippen molar-refractivity contribution in [3.63, 3.8) is 0 Å². The van der Waals surface area contributed by atoms with Crippen molar-refractivity contribution in [2.24, 2.45) is 5.73 Å². The number of carboxylic acid groups (broad SMARTS) is 1. The second-order valence-corrected chi connectivity index (χ2v) is 4.13. The lowest BCUT2D eigenvalue weighted by molar-refractivity contribution is -0.142. The van der Waals surface area contributed by atoms with Crippen LogP contribution in [-0.2, 0) is 4.79 Å². The average Bonchev–Trinajstić information content (AvgIpc) is 2.04. The van der Waals surface area contributed by atoms with Crippen molar-refractivity contribution in [1.82, 2.24) is 4.90 Å². The van der Waals surface area contributed by atoms with E-state index in [4.69, 9.17) is 10.8 Å². The summed E-state index contributed by atoms with van der Waals surface area (Å²) >= 11 is 0. The van der Waals surface area contributed by atoms with E-state index in [0.29, 0.717) is 6.42 Å². The fourth-order valence-corrected chi connectivity index (χ4v) is 1.32. The van der Waals surface area contributed by atoms with E-state index >= 15 is 0 Å². The molecule has 0 aromatic heterocycles. The Labute approximate surface area is 86.1 Å². The van der Waals surface area contributed by atoms with Crippen LogP contribution >= 0.6 is 0 Å². The monoisotopic (exact) mass is 202 g/mol. The van der Waals surface area contributed by atoms with E-state index in [1.807, 2.05) is 7.05 Å². The number of nitrogens with zero attached hydrogens (tertiary/aromatic N) is 1. The summed E-state index contributed by atoms with van der Waals surface area (Å²) in [5.74, 6) is -0.921. The fraction of sp³-hybridized carbons (Fsp3) is 0.900. The molecule has 4 heteroatoms. The van der Waals surface area contributed by atoms with Crippen molar-refractivity contribution in [2.75, 3.05) is 20.1 Å². The first kappa shape index (κ1) is 13.4. The van der Waals surface area contributed by atoms with Crippen LogP contribution in [0.25, 0.3) is 0 Å². The molecule has 0 saturated heterocycles. The molecule has 1 atom stereocenters. The molecule has 0 heterocycles. The summed E-state index contributed by atoms with van der Waals surface area (Å²) in [4.78, 5) is 12.9. The number of hydrogen-bond acceptors (Lipinski definition) is 3. The fourth-order valence-electron chi connectivity index (χ4n) is 1.32. The summed E-state index contributed by atoms with van der Waals surface area (Å²) in [6.45, 7) is 5.65. The Kier molecular flexibility index (Phi) is 5.72. The molecule has 0 saturated carbocycles. The van der Waals surface area contributed by atoms with Gasteiger partial charge in [0.05, 0.1) is 0 Å². The molecule has 0 fully saturated rings. The van der Waals surface area contributed by atoms with E-state index in [-0.39, 0.29) is 0 Å². The van der Waals surface area contributed by atoms with Gasteiger partial charge in [0.25, 0.3) is 0 Å². The second-order valence-electron chi connectivity index (χ2n) is 4.13. The largest absolute Gasteiger partial charge is 0.480 e. The second kappa shape index (κ2) is 5.98. The lowest BCUT2D eigenvalue weighted by Crippen LogP contribution is -2.45. The molecule has 0 amide bonds. The van der Waals surface area contributed by atoms with Crippen LogP contribution in [0.3, 0.4) is 0 Å². The number of carbonyl (C=O) groups is 1. The first-order valence-electron chi connectivity index (χ1n) is 5.11. The molecule has 3 N–H and O–H groups in total. The van der Waals surface area contributed by atoms with Gasteiger partial charge in [-0.15, -0.1) is 0 Å². The van der Waals surface area contributed by atoms with E-state index in [2.05, 4.69) is 11.8 Å². The Morgan fingerprint density at radius 3 is 2.50 bits per heavy atom. The van der Waals surface area contributed by atoms with Gasteiger partial charge in [-0.3, -0.25) is 4.79 Å². The third kappa shape index (κ3) is 5.19. The van der Waals surface area contributed by atoms with E-state index in [1.54, 1.807) is 6.92 Å². The van der Waals surface area contributed by atoms with Crippen LogP contribution in [0, 0.1) is 0 Å². The van der Waals surface area contributed by atoms with Crippen molar-refractivity contribution in [1.29, 1.82) is 0 Å². The summed E-state index contributed by atoms with van der Waals surface area (Å²) in [7, 11) is 2.04. The quantitative estimate of drug-likeness (QED) is 0.644. The lowest BCUT2D eigenvalue weighted by atomic mass is 9.97. The molecule has 0 aromatic carbocycles. The maximum atomic E-state index is 10.7. The van der Waals surface area contributed by atoms with Crippen LogP contribution in [-0.4, -0.2) is 41.7 Å². The zero-order chi connectivity index (χ0) is 11.2. The third-order valence-electron chi connectivity index (χ3n) is 2.33. The topological polar surface area (TPSA) is 66.6 Å². The number of rotatable bonds is 7. The molecule has 1 unspecified atom stereocenters. The normalized spacial score (nSPS) is 15.5. The van der Waals surface area contributed by atoms with Gasteiger partial charge in [0.1, 0.15) is 5.54 Å². The van der Waals surface area contributed by atoms with E-state index in [0.717, 1.165) is 25.9 Å². The van der Waals surface area contributed by atoms with Gasteiger partial charge in [-0.05, 0) is 46.3 Å².